The zero-order valence-corrected chi connectivity index (χ0v) is 41.3. The maximum Gasteiger partial charge on any atom is 0.164 e. The maximum atomic E-state index is 5.18. The first-order chi connectivity index (χ1) is 37.2. The van der Waals surface area contributed by atoms with Crippen LogP contribution in [0.3, 0.4) is 0 Å². The van der Waals surface area contributed by atoms with Gasteiger partial charge in [0.25, 0.3) is 0 Å². The highest BCUT2D eigenvalue weighted by Crippen LogP contribution is 2.64. The Balaban J connectivity index is 0.881. The second kappa shape index (κ2) is 16.2. The van der Waals surface area contributed by atoms with Crippen LogP contribution in [0.4, 0.5) is 0 Å². The molecule has 0 fully saturated rings. The number of nitrogens with zero attached hydrogens (tertiary/aromatic N) is 4. The second-order valence-electron chi connectivity index (χ2n) is 19.8. The Morgan fingerprint density at radius 3 is 1.43 bits per heavy atom. The molecule has 4 nitrogen and oxygen atoms in total. The molecule has 0 aliphatic heterocycles. The molecule has 0 N–H and O–H groups in total. The molecule has 0 atom stereocenters. The number of rotatable bonds is 6. The number of hydrogen-bond acceptors (Lipinski definition) is 4. The topological polar surface area (TPSA) is 43.6 Å². The second-order valence-corrected chi connectivity index (χ2v) is 20.9. The molecule has 3 aromatic heterocycles. The van der Waals surface area contributed by atoms with Gasteiger partial charge >= 0.3 is 0 Å². The fraction of sp³-hybridized carbons (Fsp3) is 0.0143. The van der Waals surface area contributed by atoms with Crippen LogP contribution < -0.4 is 0 Å². The molecule has 348 valence electrons. The summed E-state index contributed by atoms with van der Waals surface area (Å²) in [5.41, 5.74) is 21.4. The number of hydrogen-bond donors (Lipinski definition) is 0. The molecule has 14 aromatic rings. The molecule has 75 heavy (non-hydrogen) atoms. The Kier molecular flexibility index (Phi) is 9.09. The van der Waals surface area contributed by atoms with E-state index >= 15 is 0 Å². The third-order valence-corrected chi connectivity index (χ3v) is 17.0. The minimum atomic E-state index is -0.408. The normalized spacial score (nSPS) is 12.9. The number of aromatic nitrogens is 4. The Hall–Kier alpha value is -9.55. The van der Waals surface area contributed by atoms with Gasteiger partial charge in [0.15, 0.2) is 17.5 Å². The van der Waals surface area contributed by atoms with Gasteiger partial charge in [-0.15, -0.1) is 11.3 Å². The van der Waals surface area contributed by atoms with Crippen molar-refractivity contribution in [2.75, 3.05) is 0 Å². The summed E-state index contributed by atoms with van der Waals surface area (Å²) in [5, 5.41) is 4.76. The predicted octanol–water partition coefficient (Wildman–Crippen LogP) is 18.0. The van der Waals surface area contributed by atoms with Crippen LogP contribution in [0, 0.1) is 0 Å². The molecule has 3 heterocycles. The van der Waals surface area contributed by atoms with Gasteiger partial charge in [-0.1, -0.05) is 200 Å². The van der Waals surface area contributed by atoms with Crippen LogP contribution >= 0.6 is 11.3 Å². The van der Waals surface area contributed by atoms with Gasteiger partial charge in [-0.25, -0.2) is 15.0 Å². The summed E-state index contributed by atoms with van der Waals surface area (Å²) in [6.07, 6.45) is 0. The summed E-state index contributed by atoms with van der Waals surface area (Å²) < 4.78 is 4.84. The van der Waals surface area contributed by atoms with Crippen LogP contribution in [-0.2, 0) is 5.41 Å². The van der Waals surface area contributed by atoms with Crippen LogP contribution in [-0.4, -0.2) is 19.5 Å². The Morgan fingerprint density at radius 1 is 0.307 bits per heavy atom. The summed E-state index contributed by atoms with van der Waals surface area (Å²) in [7, 11) is 0. The van der Waals surface area contributed by atoms with Gasteiger partial charge in [-0.05, 0) is 121 Å². The van der Waals surface area contributed by atoms with Gasteiger partial charge in [0, 0.05) is 53.3 Å². The standard InChI is InChI=1S/C70H42N4S/c1-4-18-43(19-5-1)67-71-68(44-20-6-2-7-21-44)73-69(72-67)53-28-17-33-64-66(53)56-41-46(36-39-63(56)75-64)45-34-37-61-54(40-45)55-42-47(35-38-62(55)74(61)48-22-8-3-9-23-48)49-27-16-32-60-65(49)52-26-12-15-31-59(52)70(60)57-29-13-10-24-50(57)51-25-11-14-30-58(51)70/h1-42H. The third kappa shape index (κ3) is 6.13. The van der Waals surface area contributed by atoms with E-state index in [4.69, 9.17) is 15.0 Å². The van der Waals surface area contributed by atoms with E-state index in [1.54, 1.807) is 0 Å². The maximum absolute atomic E-state index is 5.18. The van der Waals surface area contributed by atoms with Crippen LogP contribution in [0.2, 0.25) is 0 Å². The fourth-order valence-corrected chi connectivity index (χ4v) is 13.8. The van der Waals surface area contributed by atoms with Crippen molar-refractivity contribution in [1.29, 1.82) is 0 Å². The Bertz CT molecular complexity index is 4550. The lowest BCUT2D eigenvalue weighted by molar-refractivity contribution is 0.794. The SMILES string of the molecule is c1ccc(-c2nc(-c3ccccc3)nc(-c3cccc4sc5ccc(-c6ccc7c(c6)c6cc(-c8cccc9c8-c8ccccc8C98c9ccccc9-c9ccccc98)ccc6n7-c6ccccc6)cc5c34)n2)cc1. The molecule has 0 amide bonds. The van der Waals surface area contributed by atoms with Crippen LogP contribution in [0.1, 0.15) is 22.3 Å². The number of benzene rings is 11. The number of para-hydroxylation sites is 1. The molecule has 2 aliphatic carbocycles. The molecule has 11 aromatic carbocycles. The first kappa shape index (κ1) is 42.0. The van der Waals surface area contributed by atoms with Gasteiger partial charge in [0.2, 0.25) is 0 Å². The summed E-state index contributed by atoms with van der Waals surface area (Å²) in [5.74, 6) is 1.96. The lowest BCUT2D eigenvalue weighted by Gasteiger charge is -2.30. The molecule has 16 rings (SSSR count). The Morgan fingerprint density at radius 2 is 0.773 bits per heavy atom. The summed E-state index contributed by atoms with van der Waals surface area (Å²) in [6.45, 7) is 0. The summed E-state index contributed by atoms with van der Waals surface area (Å²) in [4.78, 5) is 15.4. The van der Waals surface area contributed by atoms with Crippen molar-refractivity contribution in [3.63, 3.8) is 0 Å². The molecule has 1 spiro atoms. The van der Waals surface area contributed by atoms with Crippen molar-refractivity contribution in [1.82, 2.24) is 19.5 Å². The summed E-state index contributed by atoms with van der Waals surface area (Å²) >= 11 is 1.81. The van der Waals surface area contributed by atoms with E-state index in [0.29, 0.717) is 17.5 Å². The highest BCUT2D eigenvalue weighted by atomic mass is 32.1. The molecule has 0 radical (unpaired) electrons. The van der Waals surface area contributed by atoms with E-state index in [1.807, 2.05) is 47.7 Å². The predicted molar refractivity (Wildman–Crippen MR) is 311 cm³/mol. The molecular weight excluding hydrogens is 929 g/mol. The van der Waals surface area contributed by atoms with Gasteiger partial charge < -0.3 is 4.57 Å². The summed E-state index contributed by atoms with van der Waals surface area (Å²) in [6, 6.07) is 93.0. The molecule has 0 bridgehead atoms. The molecule has 5 heteroatoms. The van der Waals surface area contributed by atoms with E-state index in [2.05, 4.69) is 223 Å². The first-order valence-electron chi connectivity index (χ1n) is 25.6. The lowest BCUT2D eigenvalue weighted by Crippen LogP contribution is -2.25. The average Bonchev–Trinajstić information content (AvgIpc) is 4.29. The van der Waals surface area contributed by atoms with Crippen LogP contribution in [0.25, 0.3) is 126 Å². The van der Waals surface area contributed by atoms with E-state index < -0.39 is 5.41 Å². The molecular formula is C70H42N4S. The molecule has 0 saturated carbocycles. The average molecular weight is 971 g/mol. The fourth-order valence-electron chi connectivity index (χ4n) is 12.7. The lowest BCUT2D eigenvalue weighted by atomic mass is 9.70. The third-order valence-electron chi connectivity index (χ3n) is 15.9. The van der Waals surface area contributed by atoms with Crippen molar-refractivity contribution < 1.29 is 0 Å². The van der Waals surface area contributed by atoms with Crippen molar-refractivity contribution in [2.45, 2.75) is 5.41 Å². The van der Waals surface area contributed by atoms with Crippen molar-refractivity contribution in [3.8, 4) is 84.4 Å². The van der Waals surface area contributed by atoms with Crippen LogP contribution in [0.5, 0.6) is 0 Å². The highest BCUT2D eigenvalue weighted by Gasteiger charge is 2.52. The monoisotopic (exact) mass is 970 g/mol. The quantitative estimate of drug-likeness (QED) is 0.167. The van der Waals surface area contributed by atoms with Crippen LogP contribution in [0.15, 0.2) is 255 Å². The highest BCUT2D eigenvalue weighted by molar-refractivity contribution is 7.26. The molecule has 0 unspecified atom stereocenters. The van der Waals surface area contributed by atoms with Crippen molar-refractivity contribution >= 4 is 53.3 Å². The van der Waals surface area contributed by atoms with Gasteiger partial charge in [0.05, 0.1) is 16.4 Å². The largest absolute Gasteiger partial charge is 0.309 e. The molecule has 0 saturated heterocycles. The minimum absolute atomic E-state index is 0.408. The smallest absolute Gasteiger partial charge is 0.164 e. The Labute approximate surface area is 437 Å². The van der Waals surface area contributed by atoms with E-state index in [-0.39, 0.29) is 0 Å². The number of fused-ring (bicyclic) bond motifs is 16. The zero-order valence-electron chi connectivity index (χ0n) is 40.4. The minimum Gasteiger partial charge on any atom is -0.309 e. The van der Waals surface area contributed by atoms with Crippen molar-refractivity contribution in [3.05, 3.63) is 277 Å². The number of thiophene rings is 1. The zero-order chi connectivity index (χ0) is 49.2. The molecule has 2 aliphatic rings. The van der Waals surface area contributed by atoms with Crippen molar-refractivity contribution in [2.24, 2.45) is 0 Å². The van der Waals surface area contributed by atoms with E-state index in [0.717, 1.165) is 38.9 Å². The van der Waals surface area contributed by atoms with E-state index in [9.17, 15) is 0 Å². The first-order valence-corrected chi connectivity index (χ1v) is 26.4. The van der Waals surface area contributed by atoms with Gasteiger partial charge in [-0.3, -0.25) is 0 Å². The van der Waals surface area contributed by atoms with Gasteiger partial charge in [0.1, 0.15) is 0 Å². The van der Waals surface area contributed by atoms with Gasteiger partial charge in [-0.2, -0.15) is 0 Å². The van der Waals surface area contributed by atoms with E-state index in [1.165, 1.54) is 92.2 Å².